The number of ether oxygens (including phenoxy) is 2. The molecule has 1 aromatic carbocycles. The van der Waals surface area contributed by atoms with E-state index in [0.717, 1.165) is 13.1 Å². The largest absolute Gasteiger partial charge is 0.450 e. The Bertz CT molecular complexity index is 503. The Labute approximate surface area is 150 Å². The van der Waals surface area contributed by atoms with Crippen LogP contribution in [0.4, 0.5) is 4.79 Å². The average molecular weight is 350 g/mol. The lowest BCUT2D eigenvalue weighted by Gasteiger charge is -2.34. The summed E-state index contributed by atoms with van der Waals surface area (Å²) in [5, 5.41) is 10.2. The molecule has 1 saturated heterocycles. The molecular formula is C19H30N2O4. The maximum absolute atomic E-state index is 11.7. The van der Waals surface area contributed by atoms with E-state index in [1.54, 1.807) is 4.90 Å². The molecule has 1 heterocycles. The number of amides is 1. The molecule has 25 heavy (non-hydrogen) atoms. The molecule has 2 rings (SSSR count). The van der Waals surface area contributed by atoms with E-state index in [2.05, 4.69) is 24.0 Å². The fourth-order valence-corrected chi connectivity index (χ4v) is 2.94. The standard InChI is InChI=1S/C19H30N2O4/c1-3-25-19(23)21-11-9-20(10-12-21)13-18(22)15-24-14-16(2)17-7-5-4-6-8-17/h4-8,16,18,22H,3,9-15H2,1-2H3/t16-,18-/m0/s1. The summed E-state index contributed by atoms with van der Waals surface area (Å²) in [5.74, 6) is 0.307. The van der Waals surface area contributed by atoms with Gasteiger partial charge < -0.3 is 19.5 Å². The summed E-state index contributed by atoms with van der Waals surface area (Å²) in [6, 6.07) is 10.2. The summed E-state index contributed by atoms with van der Waals surface area (Å²) in [5.41, 5.74) is 1.24. The number of piperazine rings is 1. The van der Waals surface area contributed by atoms with Gasteiger partial charge in [0.2, 0.25) is 0 Å². The molecule has 6 nitrogen and oxygen atoms in total. The Balaban J connectivity index is 1.61. The molecule has 1 fully saturated rings. The van der Waals surface area contributed by atoms with E-state index in [1.165, 1.54) is 5.56 Å². The Morgan fingerprint density at radius 1 is 1.16 bits per heavy atom. The van der Waals surface area contributed by atoms with Crippen molar-refractivity contribution in [3.8, 4) is 0 Å². The highest BCUT2D eigenvalue weighted by atomic mass is 16.6. The van der Waals surface area contributed by atoms with Crippen LogP contribution < -0.4 is 0 Å². The number of aliphatic hydroxyl groups is 1. The Morgan fingerprint density at radius 2 is 1.84 bits per heavy atom. The molecular weight excluding hydrogens is 320 g/mol. The summed E-state index contributed by atoms with van der Waals surface area (Å²) in [6.07, 6.45) is -0.766. The van der Waals surface area contributed by atoms with Gasteiger partial charge in [-0.1, -0.05) is 37.3 Å². The minimum absolute atomic E-state index is 0.249. The monoisotopic (exact) mass is 350 g/mol. The first-order chi connectivity index (χ1) is 12.1. The van der Waals surface area contributed by atoms with Crippen LogP contribution in [0.5, 0.6) is 0 Å². The summed E-state index contributed by atoms with van der Waals surface area (Å²) >= 11 is 0. The van der Waals surface area contributed by atoms with Crippen molar-refractivity contribution >= 4 is 6.09 Å². The molecule has 0 bridgehead atoms. The topological polar surface area (TPSA) is 62.2 Å². The maximum Gasteiger partial charge on any atom is 0.409 e. The Morgan fingerprint density at radius 3 is 2.48 bits per heavy atom. The number of hydrogen-bond donors (Lipinski definition) is 1. The number of hydrogen-bond acceptors (Lipinski definition) is 5. The normalized spacial score (nSPS) is 18.0. The molecule has 0 saturated carbocycles. The number of rotatable bonds is 8. The minimum Gasteiger partial charge on any atom is -0.450 e. The molecule has 6 heteroatoms. The summed E-state index contributed by atoms with van der Waals surface area (Å²) in [4.78, 5) is 15.5. The number of β-amino-alcohol motifs (C(OH)–C–C–N with tert-alkyl or cyclic N) is 1. The predicted octanol–water partition coefficient (Wildman–Crippen LogP) is 1.94. The fraction of sp³-hybridized carbons (Fsp3) is 0.632. The highest BCUT2D eigenvalue weighted by Crippen LogP contribution is 2.14. The zero-order valence-electron chi connectivity index (χ0n) is 15.3. The number of benzene rings is 1. The van der Waals surface area contributed by atoms with E-state index in [4.69, 9.17) is 9.47 Å². The van der Waals surface area contributed by atoms with Crippen molar-refractivity contribution in [3.63, 3.8) is 0 Å². The summed E-state index contributed by atoms with van der Waals surface area (Å²) in [7, 11) is 0. The Kier molecular flexibility index (Phi) is 8.18. The Hall–Kier alpha value is -1.63. The second kappa shape index (κ2) is 10.4. The van der Waals surface area contributed by atoms with E-state index in [9.17, 15) is 9.90 Å². The van der Waals surface area contributed by atoms with Crippen LogP contribution in [0.2, 0.25) is 0 Å². The molecule has 0 spiro atoms. The first-order valence-corrected chi connectivity index (χ1v) is 9.05. The van der Waals surface area contributed by atoms with E-state index in [1.807, 2.05) is 25.1 Å². The third-order valence-electron chi connectivity index (χ3n) is 4.41. The fourth-order valence-electron chi connectivity index (χ4n) is 2.94. The van der Waals surface area contributed by atoms with Crippen molar-refractivity contribution in [2.75, 3.05) is 52.5 Å². The third-order valence-corrected chi connectivity index (χ3v) is 4.41. The SMILES string of the molecule is CCOC(=O)N1CCN(C[C@H](O)COC[C@H](C)c2ccccc2)CC1. The lowest BCUT2D eigenvalue weighted by molar-refractivity contribution is 0.00388. The van der Waals surface area contributed by atoms with Gasteiger partial charge >= 0.3 is 6.09 Å². The van der Waals surface area contributed by atoms with Gasteiger partial charge in [-0.2, -0.15) is 0 Å². The lowest BCUT2D eigenvalue weighted by Crippen LogP contribution is -2.51. The molecule has 1 aliphatic heterocycles. The molecule has 0 radical (unpaired) electrons. The van der Waals surface area contributed by atoms with Gasteiger partial charge in [0.05, 0.1) is 25.9 Å². The molecule has 0 unspecified atom stereocenters. The molecule has 1 aromatic rings. The summed E-state index contributed by atoms with van der Waals surface area (Å²) < 4.78 is 10.7. The zero-order chi connectivity index (χ0) is 18.1. The first-order valence-electron chi connectivity index (χ1n) is 9.05. The van der Waals surface area contributed by atoms with Gasteiger partial charge in [-0.25, -0.2) is 4.79 Å². The van der Waals surface area contributed by atoms with Gasteiger partial charge in [-0.15, -0.1) is 0 Å². The van der Waals surface area contributed by atoms with Crippen LogP contribution in [0.15, 0.2) is 30.3 Å². The van der Waals surface area contributed by atoms with Crippen LogP contribution in [0, 0.1) is 0 Å². The maximum atomic E-state index is 11.7. The van der Waals surface area contributed by atoms with E-state index in [0.29, 0.717) is 45.4 Å². The van der Waals surface area contributed by atoms with Gasteiger partial charge in [0.25, 0.3) is 0 Å². The van der Waals surface area contributed by atoms with Gasteiger partial charge in [0.1, 0.15) is 0 Å². The van der Waals surface area contributed by atoms with E-state index in [-0.39, 0.29) is 6.09 Å². The van der Waals surface area contributed by atoms with Gasteiger partial charge in [-0.05, 0) is 12.5 Å². The average Bonchev–Trinajstić information content (AvgIpc) is 2.63. The first kappa shape index (κ1) is 19.7. The number of nitrogens with zero attached hydrogens (tertiary/aromatic N) is 2. The molecule has 0 aromatic heterocycles. The second-order valence-electron chi connectivity index (χ2n) is 6.49. The molecule has 140 valence electrons. The second-order valence-corrected chi connectivity index (χ2v) is 6.49. The molecule has 1 amide bonds. The minimum atomic E-state index is -0.517. The van der Waals surface area contributed by atoms with Crippen molar-refractivity contribution in [2.45, 2.75) is 25.9 Å². The summed E-state index contributed by atoms with van der Waals surface area (Å²) in [6.45, 7) is 8.58. The number of carbonyl (C=O) groups is 1. The quantitative estimate of drug-likeness (QED) is 0.776. The van der Waals surface area contributed by atoms with Crippen molar-refractivity contribution in [1.29, 1.82) is 0 Å². The van der Waals surface area contributed by atoms with Gasteiger partial charge in [0.15, 0.2) is 0 Å². The van der Waals surface area contributed by atoms with Crippen LogP contribution in [0.25, 0.3) is 0 Å². The van der Waals surface area contributed by atoms with Crippen molar-refractivity contribution in [1.82, 2.24) is 9.80 Å². The van der Waals surface area contributed by atoms with Crippen LogP contribution in [0.3, 0.4) is 0 Å². The lowest BCUT2D eigenvalue weighted by atomic mass is 10.0. The third kappa shape index (κ3) is 6.65. The molecule has 0 aliphatic carbocycles. The highest BCUT2D eigenvalue weighted by Gasteiger charge is 2.23. The zero-order valence-corrected chi connectivity index (χ0v) is 15.3. The molecule has 2 atom stereocenters. The van der Waals surface area contributed by atoms with Crippen molar-refractivity contribution in [2.24, 2.45) is 0 Å². The van der Waals surface area contributed by atoms with Gasteiger partial charge in [0, 0.05) is 38.6 Å². The van der Waals surface area contributed by atoms with Crippen molar-refractivity contribution in [3.05, 3.63) is 35.9 Å². The van der Waals surface area contributed by atoms with E-state index >= 15 is 0 Å². The highest BCUT2D eigenvalue weighted by molar-refractivity contribution is 5.67. The van der Waals surface area contributed by atoms with Crippen LogP contribution in [-0.2, 0) is 9.47 Å². The molecule has 1 aliphatic rings. The van der Waals surface area contributed by atoms with E-state index < -0.39 is 6.10 Å². The van der Waals surface area contributed by atoms with Crippen LogP contribution in [0.1, 0.15) is 25.3 Å². The van der Waals surface area contributed by atoms with Crippen LogP contribution >= 0.6 is 0 Å². The molecule has 1 N–H and O–H groups in total. The van der Waals surface area contributed by atoms with Crippen LogP contribution in [-0.4, -0.2) is 79.6 Å². The predicted molar refractivity (Wildman–Crippen MR) is 96.7 cm³/mol. The number of aliphatic hydroxyl groups excluding tert-OH is 1. The van der Waals surface area contributed by atoms with Crippen molar-refractivity contribution < 1.29 is 19.4 Å². The van der Waals surface area contributed by atoms with Gasteiger partial charge in [-0.3, -0.25) is 4.90 Å². The smallest absolute Gasteiger partial charge is 0.409 e. The number of carbonyl (C=O) groups excluding carboxylic acids is 1.